The van der Waals surface area contributed by atoms with Crippen molar-refractivity contribution in [2.75, 3.05) is 12.3 Å². The largest absolute Gasteiger partial charge is 0.487 e. The Labute approximate surface area is 144 Å². The number of benzene rings is 1. The van der Waals surface area contributed by atoms with E-state index in [1.807, 2.05) is 26.8 Å². The Kier molecular flexibility index (Phi) is 4.53. The number of fused-ring (bicyclic) bond motifs is 1. The van der Waals surface area contributed by atoms with Crippen LogP contribution in [0.5, 0.6) is 5.75 Å². The second-order valence-electron chi connectivity index (χ2n) is 7.49. The minimum absolute atomic E-state index is 0.0319. The molecule has 134 valence electrons. The lowest BCUT2D eigenvalue weighted by molar-refractivity contribution is 0.0697. The van der Waals surface area contributed by atoms with Crippen molar-refractivity contribution in [3.8, 4) is 5.75 Å². The van der Waals surface area contributed by atoms with E-state index in [9.17, 15) is 8.42 Å². The number of rotatable bonds is 3. The molecule has 1 fully saturated rings. The van der Waals surface area contributed by atoms with Crippen LogP contribution >= 0.6 is 0 Å². The minimum Gasteiger partial charge on any atom is -0.487 e. The molecular formula is C17H27N3O3S. The number of piperidine rings is 1. The molecule has 0 saturated carbocycles. The number of nitrogens with zero attached hydrogens (tertiary/aromatic N) is 1. The van der Waals surface area contributed by atoms with Gasteiger partial charge in [0.15, 0.2) is 0 Å². The molecule has 2 heterocycles. The fourth-order valence-electron chi connectivity index (χ4n) is 3.65. The van der Waals surface area contributed by atoms with E-state index in [1.165, 1.54) is 0 Å². The van der Waals surface area contributed by atoms with Gasteiger partial charge in [-0.1, -0.05) is 6.42 Å². The summed E-state index contributed by atoms with van der Waals surface area (Å²) in [5.74, 6) is 0.694. The summed E-state index contributed by atoms with van der Waals surface area (Å²) in [6.07, 6.45) is 3.46. The summed E-state index contributed by atoms with van der Waals surface area (Å²) in [5.41, 5.74) is 6.87. The molecule has 3 rings (SSSR count). The first-order chi connectivity index (χ1) is 11.2. The van der Waals surface area contributed by atoms with Crippen LogP contribution in [0.4, 0.5) is 5.69 Å². The Bertz CT molecular complexity index is 718. The molecule has 2 atom stereocenters. The summed E-state index contributed by atoms with van der Waals surface area (Å²) in [6.45, 7) is 6.49. The summed E-state index contributed by atoms with van der Waals surface area (Å²) in [5, 5.41) is 0. The van der Waals surface area contributed by atoms with Crippen LogP contribution in [-0.2, 0) is 10.2 Å². The van der Waals surface area contributed by atoms with E-state index >= 15 is 0 Å². The lowest BCUT2D eigenvalue weighted by atomic mass is 9.90. The SMILES string of the molecule is CC1CCCCN1S(=O)(=O)NC1CC(C)(C)Oc2ccc(N)cc21. The smallest absolute Gasteiger partial charge is 0.280 e. The average Bonchev–Trinajstić information content (AvgIpc) is 2.47. The number of hydrogen-bond acceptors (Lipinski definition) is 4. The Balaban J connectivity index is 1.90. The Morgan fingerprint density at radius 3 is 2.79 bits per heavy atom. The van der Waals surface area contributed by atoms with Crippen molar-refractivity contribution < 1.29 is 13.2 Å². The molecule has 2 unspecified atom stereocenters. The van der Waals surface area contributed by atoms with E-state index in [-0.39, 0.29) is 12.1 Å². The van der Waals surface area contributed by atoms with E-state index in [0.29, 0.717) is 24.4 Å². The van der Waals surface area contributed by atoms with Gasteiger partial charge in [-0.05, 0) is 51.8 Å². The van der Waals surface area contributed by atoms with E-state index in [0.717, 1.165) is 24.8 Å². The molecule has 6 nitrogen and oxygen atoms in total. The molecule has 1 aromatic carbocycles. The van der Waals surface area contributed by atoms with E-state index in [2.05, 4.69) is 4.72 Å². The van der Waals surface area contributed by atoms with Gasteiger partial charge in [0, 0.05) is 30.3 Å². The molecule has 0 spiro atoms. The topological polar surface area (TPSA) is 84.7 Å². The van der Waals surface area contributed by atoms with Crippen LogP contribution < -0.4 is 15.2 Å². The molecule has 7 heteroatoms. The maximum Gasteiger partial charge on any atom is 0.280 e. The van der Waals surface area contributed by atoms with Gasteiger partial charge < -0.3 is 10.5 Å². The molecule has 0 amide bonds. The van der Waals surface area contributed by atoms with Gasteiger partial charge in [0.2, 0.25) is 0 Å². The quantitative estimate of drug-likeness (QED) is 0.818. The first-order valence-corrected chi connectivity index (χ1v) is 9.99. The van der Waals surface area contributed by atoms with Crippen molar-refractivity contribution in [1.82, 2.24) is 9.03 Å². The highest BCUT2D eigenvalue weighted by atomic mass is 32.2. The van der Waals surface area contributed by atoms with Crippen molar-refractivity contribution in [3.05, 3.63) is 23.8 Å². The van der Waals surface area contributed by atoms with Gasteiger partial charge in [0.25, 0.3) is 10.2 Å². The highest BCUT2D eigenvalue weighted by Gasteiger charge is 2.38. The van der Waals surface area contributed by atoms with Gasteiger partial charge in [-0.25, -0.2) is 0 Å². The Morgan fingerprint density at radius 2 is 2.08 bits per heavy atom. The molecule has 0 aliphatic carbocycles. The third-order valence-electron chi connectivity index (χ3n) is 4.83. The van der Waals surface area contributed by atoms with Gasteiger partial charge >= 0.3 is 0 Å². The number of nitrogens with one attached hydrogen (secondary N) is 1. The minimum atomic E-state index is -3.55. The predicted molar refractivity (Wildman–Crippen MR) is 95.0 cm³/mol. The van der Waals surface area contributed by atoms with E-state index in [4.69, 9.17) is 10.5 Å². The summed E-state index contributed by atoms with van der Waals surface area (Å²) >= 11 is 0. The average molecular weight is 353 g/mol. The molecule has 0 aromatic heterocycles. The van der Waals surface area contributed by atoms with Crippen molar-refractivity contribution in [1.29, 1.82) is 0 Å². The second kappa shape index (κ2) is 6.20. The monoisotopic (exact) mass is 353 g/mol. The van der Waals surface area contributed by atoms with Crippen LogP contribution in [0.25, 0.3) is 0 Å². The molecular weight excluding hydrogens is 326 g/mol. The number of anilines is 1. The van der Waals surface area contributed by atoms with Gasteiger partial charge in [0.1, 0.15) is 11.4 Å². The van der Waals surface area contributed by atoms with Gasteiger partial charge in [-0.3, -0.25) is 0 Å². The number of ether oxygens (including phenoxy) is 1. The lowest BCUT2D eigenvalue weighted by Gasteiger charge is -2.39. The van der Waals surface area contributed by atoms with Crippen molar-refractivity contribution >= 4 is 15.9 Å². The summed E-state index contributed by atoms with van der Waals surface area (Å²) in [7, 11) is -3.55. The molecule has 0 bridgehead atoms. The molecule has 0 radical (unpaired) electrons. The van der Waals surface area contributed by atoms with E-state index < -0.39 is 15.8 Å². The van der Waals surface area contributed by atoms with Crippen molar-refractivity contribution in [2.24, 2.45) is 0 Å². The standard InChI is InChI=1S/C17H27N3O3S/c1-12-6-4-5-9-20(12)24(21,22)19-15-11-17(2,3)23-16-8-7-13(18)10-14(15)16/h7-8,10,12,15,19H,4-6,9,11,18H2,1-3H3. The zero-order chi connectivity index (χ0) is 17.5. The Hall–Kier alpha value is -1.31. The molecule has 1 aromatic rings. The van der Waals surface area contributed by atoms with Crippen LogP contribution in [0.3, 0.4) is 0 Å². The molecule has 1 saturated heterocycles. The maximum atomic E-state index is 12.9. The zero-order valence-corrected chi connectivity index (χ0v) is 15.4. The summed E-state index contributed by atoms with van der Waals surface area (Å²) < 4.78 is 36.3. The van der Waals surface area contributed by atoms with E-state index in [1.54, 1.807) is 16.4 Å². The Morgan fingerprint density at radius 1 is 1.33 bits per heavy atom. The first-order valence-electron chi connectivity index (χ1n) is 8.55. The number of hydrogen-bond donors (Lipinski definition) is 2. The normalized spacial score (nSPS) is 27.3. The van der Waals surface area contributed by atoms with Crippen molar-refractivity contribution in [2.45, 2.75) is 64.1 Å². The van der Waals surface area contributed by atoms with Gasteiger partial charge in [-0.2, -0.15) is 17.4 Å². The highest BCUT2D eigenvalue weighted by Crippen LogP contribution is 2.41. The fraction of sp³-hybridized carbons (Fsp3) is 0.647. The molecule has 3 N–H and O–H groups in total. The summed E-state index contributed by atoms with van der Waals surface area (Å²) in [6, 6.07) is 5.09. The molecule has 2 aliphatic heterocycles. The maximum absolute atomic E-state index is 12.9. The fourth-order valence-corrected chi connectivity index (χ4v) is 5.31. The molecule has 2 aliphatic rings. The zero-order valence-electron chi connectivity index (χ0n) is 14.6. The van der Waals surface area contributed by atoms with Crippen LogP contribution in [0.1, 0.15) is 58.1 Å². The summed E-state index contributed by atoms with van der Waals surface area (Å²) in [4.78, 5) is 0. The molecule has 24 heavy (non-hydrogen) atoms. The van der Waals surface area contributed by atoms with Crippen LogP contribution in [0, 0.1) is 0 Å². The van der Waals surface area contributed by atoms with Crippen molar-refractivity contribution in [3.63, 3.8) is 0 Å². The van der Waals surface area contributed by atoms with Gasteiger partial charge in [0.05, 0.1) is 6.04 Å². The van der Waals surface area contributed by atoms with Crippen LogP contribution in [0.2, 0.25) is 0 Å². The highest BCUT2D eigenvalue weighted by molar-refractivity contribution is 7.87. The predicted octanol–water partition coefficient (Wildman–Crippen LogP) is 2.58. The third kappa shape index (κ3) is 3.53. The van der Waals surface area contributed by atoms with Gasteiger partial charge in [-0.15, -0.1) is 0 Å². The van der Waals surface area contributed by atoms with Crippen LogP contribution in [0.15, 0.2) is 18.2 Å². The number of nitrogens with two attached hydrogens (primary N) is 1. The van der Waals surface area contributed by atoms with Crippen LogP contribution in [-0.4, -0.2) is 30.9 Å². The number of nitrogen functional groups attached to an aromatic ring is 1. The lowest BCUT2D eigenvalue weighted by Crippen LogP contribution is -2.50. The second-order valence-corrected chi connectivity index (χ2v) is 9.15. The first kappa shape index (κ1) is 17.5. The third-order valence-corrected chi connectivity index (χ3v) is 6.58.